The molecule has 5 heteroatoms. The number of hydrogen-bond donors (Lipinski definition) is 1. The molecule has 0 bridgehead atoms. The van der Waals surface area contributed by atoms with Crippen molar-refractivity contribution in [3.63, 3.8) is 0 Å². The van der Waals surface area contributed by atoms with E-state index in [4.69, 9.17) is 0 Å². The molecule has 1 saturated heterocycles. The minimum absolute atomic E-state index is 0.145. The van der Waals surface area contributed by atoms with E-state index in [0.717, 1.165) is 19.5 Å². The highest BCUT2D eigenvalue weighted by Gasteiger charge is 2.24. The van der Waals surface area contributed by atoms with Gasteiger partial charge in [0.25, 0.3) is 0 Å². The first-order valence-electron chi connectivity index (χ1n) is 6.12. The average Bonchev–Trinajstić information content (AvgIpc) is 2.16. The Bertz CT molecular complexity index is 301. The van der Waals surface area contributed by atoms with Crippen LogP contribution in [0.15, 0.2) is 0 Å². The van der Waals surface area contributed by atoms with E-state index in [9.17, 15) is 8.42 Å². The Morgan fingerprint density at radius 3 is 2.62 bits per heavy atom. The van der Waals surface area contributed by atoms with E-state index < -0.39 is 9.84 Å². The van der Waals surface area contributed by atoms with Crippen LogP contribution in [-0.2, 0) is 9.84 Å². The SMILES string of the molecule is CCN(CCC1CS(=O)(=O)CCN1)C(C)C. The highest BCUT2D eigenvalue weighted by atomic mass is 32.2. The molecule has 0 aromatic carbocycles. The fourth-order valence-electron chi connectivity index (χ4n) is 2.16. The summed E-state index contributed by atoms with van der Waals surface area (Å²) in [6, 6.07) is 0.678. The zero-order chi connectivity index (χ0) is 12.2. The first kappa shape index (κ1) is 13.9. The predicted molar refractivity (Wildman–Crippen MR) is 67.4 cm³/mol. The Kier molecular flexibility index (Phi) is 5.21. The third-order valence-electron chi connectivity index (χ3n) is 3.20. The summed E-state index contributed by atoms with van der Waals surface area (Å²) in [6.07, 6.45) is 0.922. The van der Waals surface area contributed by atoms with Crippen molar-refractivity contribution in [2.45, 2.75) is 39.3 Å². The zero-order valence-corrected chi connectivity index (χ0v) is 11.4. The number of rotatable bonds is 5. The second-order valence-electron chi connectivity index (χ2n) is 4.78. The number of nitrogens with one attached hydrogen (secondary N) is 1. The van der Waals surface area contributed by atoms with Gasteiger partial charge in [-0.25, -0.2) is 8.42 Å². The Hall–Kier alpha value is -0.130. The van der Waals surface area contributed by atoms with Gasteiger partial charge in [0.2, 0.25) is 0 Å². The van der Waals surface area contributed by atoms with Crippen molar-refractivity contribution < 1.29 is 8.42 Å². The summed E-state index contributed by atoms with van der Waals surface area (Å²) in [6.45, 7) is 9.10. The lowest BCUT2D eigenvalue weighted by molar-refractivity contribution is 0.222. The van der Waals surface area contributed by atoms with E-state index in [0.29, 0.717) is 24.1 Å². The van der Waals surface area contributed by atoms with Gasteiger partial charge in [0.05, 0.1) is 11.5 Å². The molecule has 1 unspecified atom stereocenters. The minimum atomic E-state index is -2.79. The summed E-state index contributed by atoms with van der Waals surface area (Å²) in [7, 11) is -2.79. The van der Waals surface area contributed by atoms with Crippen molar-refractivity contribution in [3.05, 3.63) is 0 Å². The molecule has 1 heterocycles. The van der Waals surface area contributed by atoms with Crippen molar-refractivity contribution in [3.8, 4) is 0 Å². The molecule has 0 aliphatic carbocycles. The van der Waals surface area contributed by atoms with Gasteiger partial charge in [0.15, 0.2) is 9.84 Å². The van der Waals surface area contributed by atoms with Crippen LogP contribution in [0.5, 0.6) is 0 Å². The molecule has 1 aliphatic rings. The minimum Gasteiger partial charge on any atom is -0.312 e. The van der Waals surface area contributed by atoms with Crippen LogP contribution in [0.25, 0.3) is 0 Å². The highest BCUT2D eigenvalue weighted by Crippen LogP contribution is 2.07. The normalized spacial score (nSPS) is 25.2. The fourth-order valence-corrected chi connectivity index (χ4v) is 3.65. The average molecular weight is 248 g/mol. The quantitative estimate of drug-likeness (QED) is 0.769. The molecule has 0 spiro atoms. The fraction of sp³-hybridized carbons (Fsp3) is 1.00. The van der Waals surface area contributed by atoms with E-state index in [1.165, 1.54) is 0 Å². The van der Waals surface area contributed by atoms with Crippen molar-refractivity contribution in [1.29, 1.82) is 0 Å². The van der Waals surface area contributed by atoms with Crippen molar-refractivity contribution >= 4 is 9.84 Å². The maximum absolute atomic E-state index is 11.5. The van der Waals surface area contributed by atoms with Crippen LogP contribution < -0.4 is 5.32 Å². The summed E-state index contributed by atoms with van der Waals surface area (Å²) < 4.78 is 22.9. The van der Waals surface area contributed by atoms with E-state index >= 15 is 0 Å². The molecule has 16 heavy (non-hydrogen) atoms. The lowest BCUT2D eigenvalue weighted by Crippen LogP contribution is -2.47. The van der Waals surface area contributed by atoms with Crippen molar-refractivity contribution in [2.75, 3.05) is 31.1 Å². The number of hydrogen-bond acceptors (Lipinski definition) is 4. The van der Waals surface area contributed by atoms with Gasteiger partial charge in [0, 0.05) is 18.6 Å². The second-order valence-corrected chi connectivity index (χ2v) is 7.01. The molecular formula is C11H24N2O2S. The van der Waals surface area contributed by atoms with Gasteiger partial charge in [-0.15, -0.1) is 0 Å². The largest absolute Gasteiger partial charge is 0.312 e. The highest BCUT2D eigenvalue weighted by molar-refractivity contribution is 7.91. The summed E-state index contributed by atoms with van der Waals surface area (Å²) >= 11 is 0. The molecule has 1 N–H and O–H groups in total. The van der Waals surface area contributed by atoms with E-state index in [1.807, 2.05) is 0 Å². The molecule has 0 saturated carbocycles. The van der Waals surface area contributed by atoms with Crippen LogP contribution in [0.1, 0.15) is 27.2 Å². The molecule has 0 radical (unpaired) electrons. The van der Waals surface area contributed by atoms with Gasteiger partial charge in [-0.05, 0) is 33.4 Å². The van der Waals surface area contributed by atoms with Gasteiger partial charge < -0.3 is 10.2 Å². The van der Waals surface area contributed by atoms with Crippen LogP contribution in [0.4, 0.5) is 0 Å². The van der Waals surface area contributed by atoms with Gasteiger partial charge in [-0.3, -0.25) is 0 Å². The number of nitrogens with zero attached hydrogens (tertiary/aromatic N) is 1. The standard InChI is InChI=1S/C11H24N2O2S/c1-4-13(10(2)3)7-5-11-9-16(14,15)8-6-12-11/h10-12H,4-9H2,1-3H3. The van der Waals surface area contributed by atoms with E-state index in [2.05, 4.69) is 31.0 Å². The van der Waals surface area contributed by atoms with Crippen LogP contribution in [0.2, 0.25) is 0 Å². The second kappa shape index (κ2) is 5.98. The molecule has 96 valence electrons. The molecule has 1 fully saturated rings. The molecule has 0 aromatic heterocycles. The van der Waals surface area contributed by atoms with Gasteiger partial charge >= 0.3 is 0 Å². The molecule has 1 atom stereocenters. The Morgan fingerprint density at radius 1 is 1.44 bits per heavy atom. The predicted octanol–water partition coefficient (Wildman–Crippen LogP) is 0.493. The van der Waals surface area contributed by atoms with Crippen LogP contribution in [0, 0.1) is 0 Å². The lowest BCUT2D eigenvalue weighted by atomic mass is 10.2. The van der Waals surface area contributed by atoms with E-state index in [1.54, 1.807) is 0 Å². The van der Waals surface area contributed by atoms with Crippen molar-refractivity contribution in [2.24, 2.45) is 0 Å². The summed E-state index contributed by atoms with van der Waals surface area (Å²) in [4.78, 5) is 2.36. The van der Waals surface area contributed by atoms with Crippen LogP contribution in [-0.4, -0.2) is 56.5 Å². The Morgan fingerprint density at radius 2 is 2.12 bits per heavy atom. The third kappa shape index (κ3) is 4.39. The summed E-state index contributed by atoms with van der Waals surface area (Å²) in [5, 5.41) is 3.29. The topological polar surface area (TPSA) is 49.4 Å². The Balaban J connectivity index is 2.37. The van der Waals surface area contributed by atoms with Gasteiger partial charge in [-0.2, -0.15) is 0 Å². The van der Waals surface area contributed by atoms with Crippen molar-refractivity contribution in [1.82, 2.24) is 10.2 Å². The molecule has 1 rings (SSSR count). The van der Waals surface area contributed by atoms with Gasteiger partial charge in [-0.1, -0.05) is 6.92 Å². The number of sulfone groups is 1. The monoisotopic (exact) mass is 248 g/mol. The first-order valence-corrected chi connectivity index (χ1v) is 7.94. The first-order chi connectivity index (χ1) is 7.44. The van der Waals surface area contributed by atoms with Crippen LogP contribution in [0.3, 0.4) is 0 Å². The molecular weight excluding hydrogens is 224 g/mol. The van der Waals surface area contributed by atoms with Crippen LogP contribution >= 0.6 is 0 Å². The maximum atomic E-state index is 11.5. The van der Waals surface area contributed by atoms with Gasteiger partial charge in [0.1, 0.15) is 0 Å². The maximum Gasteiger partial charge on any atom is 0.153 e. The third-order valence-corrected chi connectivity index (χ3v) is 4.94. The lowest BCUT2D eigenvalue weighted by Gasteiger charge is -2.29. The molecule has 0 aromatic rings. The molecule has 4 nitrogen and oxygen atoms in total. The Labute approximate surface area is 99.3 Å². The smallest absolute Gasteiger partial charge is 0.153 e. The zero-order valence-electron chi connectivity index (χ0n) is 10.6. The molecule has 1 aliphatic heterocycles. The van der Waals surface area contributed by atoms with E-state index in [-0.39, 0.29) is 6.04 Å². The molecule has 0 amide bonds. The summed E-state index contributed by atoms with van der Waals surface area (Å²) in [5.41, 5.74) is 0. The summed E-state index contributed by atoms with van der Waals surface area (Å²) in [5.74, 6) is 0.605.